The Morgan fingerprint density at radius 3 is 2.63 bits per heavy atom. The largest absolute Gasteiger partial charge is 0.340 e. The standard InChI is InChI=1S/C23H24ClN3O2S/c1-14(2)20(26-21(28)15-8-3-4-9-16(15)24)23(29)27-13-7-11-18(27)22-25-17-10-5-6-12-19(17)30-22/h3-6,8-10,12,14,18,20H,7,11,13H2,1-2H3,(H,26,28). The number of carbonyl (C=O) groups excluding carboxylic acids is 2. The van der Waals surface area contributed by atoms with Gasteiger partial charge in [0.2, 0.25) is 5.91 Å². The SMILES string of the molecule is CC(C)C(NC(=O)c1ccccc1Cl)C(=O)N1CCCC1c1nc2ccccc2s1. The van der Waals surface area contributed by atoms with Gasteiger partial charge in [-0.3, -0.25) is 9.59 Å². The van der Waals surface area contributed by atoms with Gasteiger partial charge in [0.25, 0.3) is 5.91 Å². The Morgan fingerprint density at radius 2 is 1.90 bits per heavy atom. The van der Waals surface area contributed by atoms with Gasteiger partial charge in [0.05, 0.1) is 26.8 Å². The van der Waals surface area contributed by atoms with Gasteiger partial charge >= 0.3 is 0 Å². The molecule has 0 spiro atoms. The van der Waals surface area contributed by atoms with Crippen molar-refractivity contribution in [3.63, 3.8) is 0 Å². The molecular formula is C23H24ClN3O2S. The number of hydrogen-bond donors (Lipinski definition) is 1. The maximum atomic E-state index is 13.5. The van der Waals surface area contributed by atoms with Crippen LogP contribution in [0, 0.1) is 5.92 Å². The Hall–Kier alpha value is -2.44. The van der Waals surface area contributed by atoms with E-state index < -0.39 is 6.04 Å². The first-order valence-corrected chi connectivity index (χ1v) is 11.4. The molecule has 0 radical (unpaired) electrons. The van der Waals surface area contributed by atoms with E-state index in [-0.39, 0.29) is 23.8 Å². The van der Waals surface area contributed by atoms with E-state index in [9.17, 15) is 9.59 Å². The van der Waals surface area contributed by atoms with Crippen LogP contribution >= 0.6 is 22.9 Å². The fourth-order valence-electron chi connectivity index (χ4n) is 3.88. The normalized spacial score (nSPS) is 17.5. The molecule has 0 bridgehead atoms. The summed E-state index contributed by atoms with van der Waals surface area (Å²) in [5, 5.41) is 4.25. The number of para-hydroxylation sites is 1. The number of thiazole rings is 1. The highest BCUT2D eigenvalue weighted by Crippen LogP contribution is 2.37. The van der Waals surface area contributed by atoms with Crippen LogP contribution in [-0.4, -0.2) is 34.3 Å². The minimum Gasteiger partial charge on any atom is -0.340 e. The Balaban J connectivity index is 1.56. The highest BCUT2D eigenvalue weighted by molar-refractivity contribution is 7.18. The highest BCUT2D eigenvalue weighted by Gasteiger charge is 2.37. The van der Waals surface area contributed by atoms with Crippen molar-refractivity contribution in [1.29, 1.82) is 0 Å². The number of rotatable bonds is 5. The van der Waals surface area contributed by atoms with Gasteiger partial charge in [-0.15, -0.1) is 11.3 Å². The average molecular weight is 442 g/mol. The van der Waals surface area contributed by atoms with Crippen LogP contribution in [0.4, 0.5) is 0 Å². The number of hydrogen-bond acceptors (Lipinski definition) is 4. The van der Waals surface area contributed by atoms with E-state index in [1.807, 2.05) is 36.9 Å². The summed E-state index contributed by atoms with van der Waals surface area (Å²) >= 11 is 7.81. The van der Waals surface area contributed by atoms with Gasteiger partial charge in [-0.2, -0.15) is 0 Å². The van der Waals surface area contributed by atoms with Gasteiger partial charge in [-0.25, -0.2) is 4.98 Å². The van der Waals surface area contributed by atoms with Crippen LogP contribution in [-0.2, 0) is 4.79 Å². The minimum atomic E-state index is -0.622. The molecule has 0 aliphatic carbocycles. The molecule has 156 valence electrons. The Bertz CT molecular complexity index is 1050. The molecule has 2 unspecified atom stereocenters. The molecule has 1 aliphatic heterocycles. The van der Waals surface area contributed by atoms with Gasteiger partial charge in [-0.05, 0) is 43.0 Å². The third-order valence-electron chi connectivity index (χ3n) is 5.47. The predicted molar refractivity (Wildman–Crippen MR) is 121 cm³/mol. The zero-order chi connectivity index (χ0) is 21.3. The summed E-state index contributed by atoms with van der Waals surface area (Å²) in [6.07, 6.45) is 1.81. The molecule has 1 N–H and O–H groups in total. The zero-order valence-electron chi connectivity index (χ0n) is 17.0. The van der Waals surface area contributed by atoms with Crippen LogP contribution in [0.25, 0.3) is 10.2 Å². The van der Waals surface area contributed by atoms with Crippen molar-refractivity contribution in [1.82, 2.24) is 15.2 Å². The Kier molecular flexibility index (Phi) is 6.06. The number of benzene rings is 2. The molecule has 1 aromatic heterocycles. The van der Waals surface area contributed by atoms with E-state index in [1.165, 1.54) is 0 Å². The summed E-state index contributed by atoms with van der Waals surface area (Å²) in [5.41, 5.74) is 1.34. The summed E-state index contributed by atoms with van der Waals surface area (Å²) in [5.74, 6) is -0.448. The predicted octanol–water partition coefficient (Wildman–Crippen LogP) is 5.07. The summed E-state index contributed by atoms with van der Waals surface area (Å²) in [4.78, 5) is 32.9. The van der Waals surface area contributed by atoms with Gasteiger partial charge in [0.1, 0.15) is 11.0 Å². The molecule has 2 atom stereocenters. The monoisotopic (exact) mass is 441 g/mol. The van der Waals surface area contributed by atoms with Crippen molar-refractivity contribution in [2.45, 2.75) is 38.8 Å². The lowest BCUT2D eigenvalue weighted by molar-refractivity contribution is -0.135. The Labute approximate surface area is 185 Å². The number of halogens is 1. The molecule has 2 aromatic carbocycles. The first-order chi connectivity index (χ1) is 14.5. The van der Waals surface area contributed by atoms with Gasteiger partial charge < -0.3 is 10.2 Å². The fraction of sp³-hybridized carbons (Fsp3) is 0.348. The van der Waals surface area contributed by atoms with Crippen LogP contribution in [0.3, 0.4) is 0 Å². The topological polar surface area (TPSA) is 62.3 Å². The number of nitrogens with one attached hydrogen (secondary N) is 1. The summed E-state index contributed by atoms with van der Waals surface area (Å²) in [6, 6.07) is 14.2. The van der Waals surface area contributed by atoms with Crippen LogP contribution in [0.5, 0.6) is 0 Å². The van der Waals surface area contributed by atoms with E-state index in [2.05, 4.69) is 11.4 Å². The highest BCUT2D eigenvalue weighted by atomic mass is 35.5. The van der Waals surface area contributed by atoms with E-state index in [0.29, 0.717) is 17.1 Å². The number of likely N-dealkylation sites (tertiary alicyclic amines) is 1. The van der Waals surface area contributed by atoms with Crippen molar-refractivity contribution in [2.24, 2.45) is 5.92 Å². The lowest BCUT2D eigenvalue weighted by Gasteiger charge is -2.30. The second-order valence-corrected chi connectivity index (χ2v) is 9.35. The second-order valence-electron chi connectivity index (χ2n) is 7.88. The zero-order valence-corrected chi connectivity index (χ0v) is 18.5. The van der Waals surface area contributed by atoms with E-state index >= 15 is 0 Å². The molecule has 7 heteroatoms. The number of nitrogens with zero attached hydrogens (tertiary/aromatic N) is 2. The Morgan fingerprint density at radius 1 is 1.17 bits per heavy atom. The molecule has 1 aliphatic rings. The fourth-order valence-corrected chi connectivity index (χ4v) is 5.21. The minimum absolute atomic E-state index is 0.0478. The second kappa shape index (κ2) is 8.74. The van der Waals surface area contributed by atoms with Crippen molar-refractivity contribution in [3.05, 3.63) is 64.1 Å². The first kappa shape index (κ1) is 20.8. The van der Waals surface area contributed by atoms with Crippen molar-refractivity contribution in [2.75, 3.05) is 6.54 Å². The molecule has 2 heterocycles. The molecule has 30 heavy (non-hydrogen) atoms. The van der Waals surface area contributed by atoms with Gasteiger partial charge in [0, 0.05) is 6.54 Å². The maximum absolute atomic E-state index is 13.5. The molecule has 1 fully saturated rings. The number of amides is 2. The summed E-state index contributed by atoms with van der Waals surface area (Å²) < 4.78 is 1.12. The van der Waals surface area contributed by atoms with Crippen LogP contribution < -0.4 is 5.32 Å². The van der Waals surface area contributed by atoms with Crippen molar-refractivity contribution < 1.29 is 9.59 Å². The van der Waals surface area contributed by atoms with Gasteiger partial charge in [-0.1, -0.05) is 49.7 Å². The molecule has 0 saturated carbocycles. The lowest BCUT2D eigenvalue weighted by Crippen LogP contribution is -2.51. The number of aromatic nitrogens is 1. The van der Waals surface area contributed by atoms with Gasteiger partial charge in [0.15, 0.2) is 0 Å². The van der Waals surface area contributed by atoms with Crippen molar-refractivity contribution in [3.8, 4) is 0 Å². The molecule has 2 amide bonds. The average Bonchev–Trinajstić information content (AvgIpc) is 3.38. The third kappa shape index (κ3) is 4.07. The van der Waals surface area contributed by atoms with E-state index in [1.54, 1.807) is 35.6 Å². The molecule has 5 nitrogen and oxygen atoms in total. The van der Waals surface area contributed by atoms with E-state index in [4.69, 9.17) is 16.6 Å². The summed E-state index contributed by atoms with van der Waals surface area (Å²) in [7, 11) is 0. The third-order valence-corrected chi connectivity index (χ3v) is 6.94. The summed E-state index contributed by atoms with van der Waals surface area (Å²) in [6.45, 7) is 4.56. The van der Waals surface area contributed by atoms with Crippen molar-refractivity contribution >= 4 is 45.0 Å². The first-order valence-electron chi connectivity index (χ1n) is 10.2. The number of carbonyl (C=O) groups is 2. The molecular weight excluding hydrogens is 418 g/mol. The van der Waals surface area contributed by atoms with Crippen LogP contribution in [0.2, 0.25) is 5.02 Å². The van der Waals surface area contributed by atoms with E-state index in [0.717, 1.165) is 28.1 Å². The molecule has 1 saturated heterocycles. The molecule has 3 aromatic rings. The maximum Gasteiger partial charge on any atom is 0.253 e. The quantitative estimate of drug-likeness (QED) is 0.601. The smallest absolute Gasteiger partial charge is 0.253 e. The molecule has 4 rings (SSSR count). The van der Waals surface area contributed by atoms with Crippen LogP contribution in [0.1, 0.15) is 48.1 Å². The van der Waals surface area contributed by atoms with Crippen LogP contribution in [0.15, 0.2) is 48.5 Å². The number of fused-ring (bicyclic) bond motifs is 1. The lowest BCUT2D eigenvalue weighted by atomic mass is 10.0.